The minimum absolute atomic E-state index is 0.0475. The lowest BCUT2D eigenvalue weighted by Gasteiger charge is -2.16. The molecule has 1 aliphatic heterocycles. The average molecular weight is 402 g/mol. The molecular formula is C20H22N2O5S. The SMILES string of the molecule is CCCOC(=O)c1ccc(NS(=O)(=O)c2ccc(N3CCCC3=O)cc2)cc1. The van der Waals surface area contributed by atoms with Crippen LogP contribution in [0.2, 0.25) is 0 Å². The molecule has 1 amide bonds. The number of sulfonamides is 1. The zero-order valence-electron chi connectivity index (χ0n) is 15.6. The van der Waals surface area contributed by atoms with Crippen LogP contribution >= 0.6 is 0 Å². The standard InChI is InChI=1S/C20H22N2O5S/c1-2-14-27-20(24)15-5-7-16(8-6-15)21-28(25,26)18-11-9-17(10-12-18)22-13-3-4-19(22)23/h5-12,21H,2-4,13-14H2,1H3. The first-order valence-corrected chi connectivity index (χ1v) is 10.6. The normalized spacial score (nSPS) is 14.2. The monoisotopic (exact) mass is 402 g/mol. The summed E-state index contributed by atoms with van der Waals surface area (Å²) < 4.78 is 32.7. The highest BCUT2D eigenvalue weighted by Gasteiger charge is 2.22. The molecule has 28 heavy (non-hydrogen) atoms. The van der Waals surface area contributed by atoms with Crippen LogP contribution in [0.25, 0.3) is 0 Å². The molecule has 1 heterocycles. The van der Waals surface area contributed by atoms with E-state index in [1.165, 1.54) is 36.4 Å². The number of nitrogens with zero attached hydrogens (tertiary/aromatic N) is 1. The van der Waals surface area contributed by atoms with Crippen molar-refractivity contribution in [2.24, 2.45) is 0 Å². The fourth-order valence-electron chi connectivity index (χ4n) is 2.89. The van der Waals surface area contributed by atoms with Crippen molar-refractivity contribution in [3.8, 4) is 0 Å². The number of ether oxygens (including phenoxy) is 1. The Balaban J connectivity index is 1.69. The highest BCUT2D eigenvalue weighted by atomic mass is 32.2. The van der Waals surface area contributed by atoms with Crippen molar-refractivity contribution in [2.45, 2.75) is 31.1 Å². The number of rotatable bonds is 7. The molecule has 1 N–H and O–H groups in total. The number of anilines is 2. The van der Waals surface area contributed by atoms with E-state index in [2.05, 4.69) is 4.72 Å². The smallest absolute Gasteiger partial charge is 0.338 e. The number of nitrogens with one attached hydrogen (secondary N) is 1. The van der Waals surface area contributed by atoms with Crippen LogP contribution < -0.4 is 9.62 Å². The molecular weight excluding hydrogens is 380 g/mol. The summed E-state index contributed by atoms with van der Waals surface area (Å²) in [6.07, 6.45) is 2.06. The first-order chi connectivity index (χ1) is 13.4. The molecule has 148 valence electrons. The van der Waals surface area contributed by atoms with Gasteiger partial charge in [-0.05, 0) is 61.4 Å². The minimum Gasteiger partial charge on any atom is -0.462 e. The van der Waals surface area contributed by atoms with Gasteiger partial charge in [-0.2, -0.15) is 0 Å². The van der Waals surface area contributed by atoms with Crippen molar-refractivity contribution in [3.63, 3.8) is 0 Å². The second kappa shape index (κ2) is 8.43. The zero-order chi connectivity index (χ0) is 20.1. The van der Waals surface area contributed by atoms with Gasteiger partial charge in [-0.1, -0.05) is 6.92 Å². The van der Waals surface area contributed by atoms with Crippen molar-refractivity contribution in [1.29, 1.82) is 0 Å². The lowest BCUT2D eigenvalue weighted by molar-refractivity contribution is -0.117. The first-order valence-electron chi connectivity index (χ1n) is 9.11. The molecule has 8 heteroatoms. The van der Waals surface area contributed by atoms with Crippen molar-refractivity contribution in [1.82, 2.24) is 0 Å². The van der Waals surface area contributed by atoms with Crippen LogP contribution in [-0.4, -0.2) is 33.4 Å². The molecule has 0 radical (unpaired) electrons. The number of benzene rings is 2. The number of carbonyl (C=O) groups is 2. The highest BCUT2D eigenvalue weighted by Crippen LogP contribution is 2.24. The summed E-state index contributed by atoms with van der Waals surface area (Å²) in [7, 11) is -3.78. The number of amides is 1. The molecule has 7 nitrogen and oxygen atoms in total. The number of hydrogen-bond donors (Lipinski definition) is 1. The Morgan fingerprint density at radius 3 is 2.36 bits per heavy atom. The zero-order valence-corrected chi connectivity index (χ0v) is 16.4. The summed E-state index contributed by atoms with van der Waals surface area (Å²) in [6.45, 7) is 2.89. The summed E-state index contributed by atoms with van der Waals surface area (Å²) >= 11 is 0. The van der Waals surface area contributed by atoms with Crippen molar-refractivity contribution >= 4 is 33.3 Å². The van der Waals surface area contributed by atoms with E-state index < -0.39 is 16.0 Å². The molecule has 0 bridgehead atoms. The van der Waals surface area contributed by atoms with Gasteiger partial charge in [-0.3, -0.25) is 9.52 Å². The molecule has 0 unspecified atom stereocenters. The predicted octanol–water partition coefficient (Wildman–Crippen LogP) is 3.18. The van der Waals surface area contributed by atoms with E-state index in [1.54, 1.807) is 17.0 Å². The molecule has 3 rings (SSSR count). The maximum absolute atomic E-state index is 12.6. The molecule has 2 aromatic carbocycles. The lowest BCUT2D eigenvalue weighted by Crippen LogP contribution is -2.23. The van der Waals surface area contributed by atoms with Crippen LogP contribution in [0.4, 0.5) is 11.4 Å². The number of esters is 1. The minimum atomic E-state index is -3.78. The largest absolute Gasteiger partial charge is 0.462 e. The van der Waals surface area contributed by atoms with Gasteiger partial charge in [0.2, 0.25) is 5.91 Å². The Hall–Kier alpha value is -2.87. The van der Waals surface area contributed by atoms with E-state index in [-0.39, 0.29) is 10.8 Å². The van der Waals surface area contributed by atoms with E-state index in [4.69, 9.17) is 4.74 Å². The summed E-state index contributed by atoms with van der Waals surface area (Å²) in [5, 5.41) is 0. The molecule has 0 aromatic heterocycles. The Bertz CT molecular complexity index is 953. The second-order valence-corrected chi connectivity index (χ2v) is 8.14. The second-order valence-electron chi connectivity index (χ2n) is 6.46. The van der Waals surface area contributed by atoms with E-state index in [0.29, 0.717) is 36.5 Å². The van der Waals surface area contributed by atoms with Crippen LogP contribution in [0.3, 0.4) is 0 Å². The molecule has 2 aromatic rings. The Morgan fingerprint density at radius 1 is 1.11 bits per heavy atom. The Morgan fingerprint density at radius 2 is 1.79 bits per heavy atom. The molecule has 1 saturated heterocycles. The van der Waals surface area contributed by atoms with Crippen LogP contribution in [0.1, 0.15) is 36.5 Å². The van der Waals surface area contributed by atoms with Gasteiger partial charge < -0.3 is 9.64 Å². The van der Waals surface area contributed by atoms with Gasteiger partial charge in [0.15, 0.2) is 0 Å². The maximum Gasteiger partial charge on any atom is 0.338 e. The molecule has 0 spiro atoms. The quantitative estimate of drug-likeness (QED) is 0.718. The predicted molar refractivity (Wildman–Crippen MR) is 106 cm³/mol. The van der Waals surface area contributed by atoms with Crippen LogP contribution in [0.15, 0.2) is 53.4 Å². The van der Waals surface area contributed by atoms with E-state index in [0.717, 1.165) is 12.8 Å². The summed E-state index contributed by atoms with van der Waals surface area (Å²) in [5.74, 6) is -0.394. The summed E-state index contributed by atoms with van der Waals surface area (Å²) in [6, 6.07) is 12.2. The highest BCUT2D eigenvalue weighted by molar-refractivity contribution is 7.92. The lowest BCUT2D eigenvalue weighted by atomic mass is 10.2. The van der Waals surface area contributed by atoms with E-state index in [9.17, 15) is 18.0 Å². The van der Waals surface area contributed by atoms with Crippen molar-refractivity contribution < 1.29 is 22.7 Å². The summed E-state index contributed by atoms with van der Waals surface area (Å²) in [4.78, 5) is 25.3. The van der Waals surface area contributed by atoms with Crippen molar-refractivity contribution in [3.05, 3.63) is 54.1 Å². The third kappa shape index (κ3) is 4.51. The van der Waals surface area contributed by atoms with Crippen molar-refractivity contribution in [2.75, 3.05) is 22.8 Å². The molecule has 1 aliphatic rings. The van der Waals surface area contributed by atoms with Gasteiger partial charge >= 0.3 is 5.97 Å². The summed E-state index contributed by atoms with van der Waals surface area (Å²) in [5.41, 5.74) is 1.39. The van der Waals surface area contributed by atoms with Gasteiger partial charge in [0.1, 0.15) is 0 Å². The molecule has 0 atom stereocenters. The maximum atomic E-state index is 12.6. The van der Waals surface area contributed by atoms with Gasteiger partial charge in [-0.15, -0.1) is 0 Å². The topological polar surface area (TPSA) is 92.8 Å². The Kier molecular flexibility index (Phi) is 5.99. The fourth-order valence-corrected chi connectivity index (χ4v) is 3.95. The molecule has 1 fully saturated rings. The van der Waals surface area contributed by atoms with Gasteiger partial charge in [0, 0.05) is 24.3 Å². The van der Waals surface area contributed by atoms with Crippen LogP contribution in [0.5, 0.6) is 0 Å². The molecule has 0 aliphatic carbocycles. The first kappa shape index (κ1) is 19.9. The van der Waals surface area contributed by atoms with Crippen LogP contribution in [0, 0.1) is 0 Å². The van der Waals surface area contributed by atoms with Gasteiger partial charge in [0.05, 0.1) is 17.1 Å². The number of carbonyl (C=O) groups excluding carboxylic acids is 2. The van der Waals surface area contributed by atoms with E-state index >= 15 is 0 Å². The van der Waals surface area contributed by atoms with Gasteiger partial charge in [-0.25, -0.2) is 13.2 Å². The van der Waals surface area contributed by atoms with Gasteiger partial charge in [0.25, 0.3) is 10.0 Å². The third-order valence-corrected chi connectivity index (χ3v) is 5.74. The van der Waals surface area contributed by atoms with Crippen LogP contribution in [-0.2, 0) is 19.6 Å². The third-order valence-electron chi connectivity index (χ3n) is 4.34. The molecule has 0 saturated carbocycles. The number of hydrogen-bond acceptors (Lipinski definition) is 5. The average Bonchev–Trinajstić information content (AvgIpc) is 3.12. The van der Waals surface area contributed by atoms with E-state index in [1.807, 2.05) is 6.92 Å². The Labute approximate surface area is 164 Å². The fraction of sp³-hybridized carbons (Fsp3) is 0.300.